The van der Waals surface area contributed by atoms with Gasteiger partial charge in [-0.3, -0.25) is 4.79 Å². The molecule has 0 fully saturated rings. The molecule has 1 aromatic carbocycles. The summed E-state index contributed by atoms with van der Waals surface area (Å²) in [6, 6.07) is 8.38. The van der Waals surface area contributed by atoms with E-state index in [1.54, 1.807) is 23.1 Å². The maximum Gasteiger partial charge on any atom is 0.237 e. The smallest absolute Gasteiger partial charge is 0.237 e. The summed E-state index contributed by atoms with van der Waals surface area (Å²) in [6.07, 6.45) is 0.933. The molecule has 0 spiro atoms. The van der Waals surface area contributed by atoms with E-state index in [1.165, 1.54) is 17.3 Å². The normalized spacial score (nSPS) is 16.8. The SMILES string of the molecule is CCSc1nnc(SCC(=O)N2c3ccccc3CC2C)s1. The average Bonchev–Trinajstić information content (AvgIpc) is 3.08. The van der Waals surface area contributed by atoms with Crippen molar-refractivity contribution < 1.29 is 4.79 Å². The molecule has 0 radical (unpaired) electrons. The molecule has 1 aliphatic heterocycles. The molecule has 1 atom stereocenters. The van der Waals surface area contributed by atoms with Gasteiger partial charge in [0.1, 0.15) is 0 Å². The Kier molecular flexibility index (Phi) is 5.05. The van der Waals surface area contributed by atoms with Crippen LogP contribution in [0.15, 0.2) is 32.9 Å². The first-order chi connectivity index (χ1) is 10.7. The van der Waals surface area contributed by atoms with Crippen molar-refractivity contribution >= 4 is 46.5 Å². The van der Waals surface area contributed by atoms with Crippen LogP contribution in [0.3, 0.4) is 0 Å². The standard InChI is InChI=1S/C15H17N3OS3/c1-3-20-14-16-17-15(22-14)21-9-13(19)18-10(2)8-11-6-4-5-7-12(11)18/h4-7,10H,3,8-9H2,1-2H3. The van der Waals surface area contributed by atoms with E-state index in [4.69, 9.17) is 0 Å². The van der Waals surface area contributed by atoms with Crippen LogP contribution in [0.2, 0.25) is 0 Å². The quantitative estimate of drug-likeness (QED) is 0.768. The summed E-state index contributed by atoms with van der Waals surface area (Å²) >= 11 is 4.72. The lowest BCUT2D eigenvalue weighted by Crippen LogP contribution is -2.36. The highest BCUT2D eigenvalue weighted by atomic mass is 32.2. The van der Waals surface area contributed by atoms with Crippen molar-refractivity contribution in [2.75, 3.05) is 16.4 Å². The van der Waals surface area contributed by atoms with Crippen LogP contribution in [0.25, 0.3) is 0 Å². The first kappa shape index (κ1) is 15.8. The molecule has 1 aromatic heterocycles. The lowest BCUT2D eigenvalue weighted by atomic mass is 10.1. The highest BCUT2D eigenvalue weighted by molar-refractivity contribution is 8.03. The zero-order valence-electron chi connectivity index (χ0n) is 12.5. The molecule has 1 aliphatic rings. The van der Waals surface area contributed by atoms with Gasteiger partial charge >= 0.3 is 0 Å². The summed E-state index contributed by atoms with van der Waals surface area (Å²) in [5.41, 5.74) is 2.31. The molecule has 116 valence electrons. The molecule has 0 aliphatic carbocycles. The van der Waals surface area contributed by atoms with Gasteiger partial charge in [-0.05, 0) is 30.7 Å². The molecule has 22 heavy (non-hydrogen) atoms. The summed E-state index contributed by atoms with van der Waals surface area (Å²) in [6.45, 7) is 4.19. The molecule has 2 aromatic rings. The number of nitrogens with zero attached hydrogens (tertiary/aromatic N) is 3. The third-order valence-electron chi connectivity index (χ3n) is 3.45. The van der Waals surface area contributed by atoms with E-state index in [1.807, 2.05) is 23.1 Å². The summed E-state index contributed by atoms with van der Waals surface area (Å²) in [5.74, 6) is 1.53. The van der Waals surface area contributed by atoms with Crippen LogP contribution >= 0.6 is 34.9 Å². The van der Waals surface area contributed by atoms with Gasteiger partial charge in [0, 0.05) is 11.7 Å². The third-order valence-corrected chi connectivity index (χ3v) is 6.51. The van der Waals surface area contributed by atoms with Gasteiger partial charge in [0.15, 0.2) is 8.68 Å². The molecular formula is C15H17N3OS3. The van der Waals surface area contributed by atoms with Gasteiger partial charge in [-0.15, -0.1) is 10.2 Å². The van der Waals surface area contributed by atoms with Gasteiger partial charge in [-0.1, -0.05) is 60.0 Å². The second-order valence-electron chi connectivity index (χ2n) is 5.00. The number of anilines is 1. The zero-order valence-corrected chi connectivity index (χ0v) is 14.9. The molecule has 0 saturated carbocycles. The highest BCUT2D eigenvalue weighted by Crippen LogP contribution is 2.33. The largest absolute Gasteiger partial charge is 0.308 e. The number of aromatic nitrogens is 2. The Morgan fingerprint density at radius 2 is 2.05 bits per heavy atom. The van der Waals surface area contributed by atoms with Gasteiger partial charge in [-0.2, -0.15) is 0 Å². The van der Waals surface area contributed by atoms with E-state index >= 15 is 0 Å². The number of para-hydroxylation sites is 1. The number of carbonyl (C=O) groups excluding carboxylic acids is 1. The first-order valence-corrected chi connectivity index (χ1v) is 9.97. The second kappa shape index (κ2) is 7.02. The predicted octanol–water partition coefficient (Wildman–Crippen LogP) is 3.72. The summed E-state index contributed by atoms with van der Waals surface area (Å²) < 4.78 is 1.83. The maximum atomic E-state index is 12.6. The van der Waals surface area contributed by atoms with Crippen LogP contribution in [-0.4, -0.2) is 33.7 Å². The Bertz CT molecular complexity index is 674. The lowest BCUT2D eigenvalue weighted by Gasteiger charge is -2.22. The van der Waals surface area contributed by atoms with E-state index < -0.39 is 0 Å². The molecule has 2 heterocycles. The number of rotatable bonds is 5. The van der Waals surface area contributed by atoms with Crippen molar-refractivity contribution in [3.05, 3.63) is 29.8 Å². The molecule has 0 N–H and O–H groups in total. The Hall–Kier alpha value is -1.05. The highest BCUT2D eigenvalue weighted by Gasteiger charge is 2.30. The molecule has 7 heteroatoms. The Balaban J connectivity index is 1.64. The fraction of sp³-hybridized carbons (Fsp3) is 0.400. The van der Waals surface area contributed by atoms with E-state index in [9.17, 15) is 4.79 Å². The number of hydrogen-bond donors (Lipinski definition) is 0. The van der Waals surface area contributed by atoms with Gasteiger partial charge < -0.3 is 4.90 Å². The van der Waals surface area contributed by atoms with Crippen molar-refractivity contribution in [1.29, 1.82) is 0 Å². The number of benzene rings is 1. The van der Waals surface area contributed by atoms with Crippen molar-refractivity contribution in [3.63, 3.8) is 0 Å². The van der Waals surface area contributed by atoms with Gasteiger partial charge in [0.05, 0.1) is 5.75 Å². The average molecular weight is 352 g/mol. The van der Waals surface area contributed by atoms with Crippen LogP contribution in [0.5, 0.6) is 0 Å². The molecule has 0 saturated heterocycles. The van der Waals surface area contributed by atoms with Gasteiger partial charge in [0.25, 0.3) is 0 Å². The molecular weight excluding hydrogens is 334 g/mol. The van der Waals surface area contributed by atoms with Crippen LogP contribution < -0.4 is 4.90 Å². The van der Waals surface area contributed by atoms with E-state index in [0.29, 0.717) is 5.75 Å². The number of carbonyl (C=O) groups is 1. The van der Waals surface area contributed by atoms with Crippen LogP contribution in [0, 0.1) is 0 Å². The number of hydrogen-bond acceptors (Lipinski definition) is 6. The van der Waals surface area contributed by atoms with Gasteiger partial charge in [-0.25, -0.2) is 0 Å². The van der Waals surface area contributed by atoms with E-state index in [2.05, 4.69) is 30.1 Å². The predicted molar refractivity (Wildman–Crippen MR) is 94.1 cm³/mol. The lowest BCUT2D eigenvalue weighted by molar-refractivity contribution is -0.116. The fourth-order valence-corrected chi connectivity index (χ4v) is 5.35. The molecule has 3 rings (SSSR count). The van der Waals surface area contributed by atoms with E-state index in [0.717, 1.165) is 26.5 Å². The third kappa shape index (κ3) is 3.31. The number of fused-ring (bicyclic) bond motifs is 1. The Morgan fingerprint density at radius 3 is 2.82 bits per heavy atom. The molecule has 4 nitrogen and oxygen atoms in total. The van der Waals surface area contributed by atoms with Crippen molar-refractivity contribution in [1.82, 2.24) is 10.2 Å². The van der Waals surface area contributed by atoms with Crippen molar-refractivity contribution in [3.8, 4) is 0 Å². The number of amides is 1. The summed E-state index contributed by atoms with van der Waals surface area (Å²) in [5, 5.41) is 8.25. The topological polar surface area (TPSA) is 46.1 Å². The molecule has 0 bridgehead atoms. The molecule has 1 amide bonds. The van der Waals surface area contributed by atoms with E-state index in [-0.39, 0.29) is 11.9 Å². The number of thioether (sulfide) groups is 2. The Labute approximate surface area is 142 Å². The minimum atomic E-state index is 0.141. The van der Waals surface area contributed by atoms with Crippen LogP contribution in [0.1, 0.15) is 19.4 Å². The molecule has 1 unspecified atom stereocenters. The zero-order chi connectivity index (χ0) is 15.5. The van der Waals surface area contributed by atoms with Crippen LogP contribution in [-0.2, 0) is 11.2 Å². The maximum absolute atomic E-state index is 12.6. The van der Waals surface area contributed by atoms with Crippen molar-refractivity contribution in [2.45, 2.75) is 35.0 Å². The minimum Gasteiger partial charge on any atom is -0.308 e. The van der Waals surface area contributed by atoms with Crippen molar-refractivity contribution in [2.24, 2.45) is 0 Å². The first-order valence-electron chi connectivity index (χ1n) is 7.18. The minimum absolute atomic E-state index is 0.141. The summed E-state index contributed by atoms with van der Waals surface area (Å²) in [4.78, 5) is 14.5. The Morgan fingerprint density at radius 1 is 1.32 bits per heavy atom. The van der Waals surface area contributed by atoms with Gasteiger partial charge in [0.2, 0.25) is 5.91 Å². The second-order valence-corrected chi connectivity index (χ2v) is 8.71. The fourth-order valence-electron chi connectivity index (χ4n) is 2.58. The summed E-state index contributed by atoms with van der Waals surface area (Å²) in [7, 11) is 0. The monoisotopic (exact) mass is 351 g/mol. The van der Waals surface area contributed by atoms with Crippen LogP contribution in [0.4, 0.5) is 5.69 Å².